The molecule has 0 fully saturated rings. The molecule has 0 saturated heterocycles. The number of benzene rings is 1. The number of hydrogen-bond acceptors (Lipinski definition) is 3. The molecule has 0 aliphatic rings. The Balaban J connectivity index is 3.10. The maximum Gasteiger partial charge on any atom is 0.191 e. The molecule has 3 heteroatoms. The van der Waals surface area contributed by atoms with E-state index < -0.39 is 12.4 Å². The van der Waals surface area contributed by atoms with Crippen molar-refractivity contribution in [3.63, 3.8) is 0 Å². The lowest BCUT2D eigenvalue weighted by Crippen LogP contribution is -2.06. The summed E-state index contributed by atoms with van der Waals surface area (Å²) in [7, 11) is 0. The molecule has 3 nitrogen and oxygen atoms in total. The van der Waals surface area contributed by atoms with Crippen molar-refractivity contribution < 1.29 is 15.0 Å². The summed E-state index contributed by atoms with van der Waals surface area (Å²) in [5.74, 6) is -0.172. The van der Waals surface area contributed by atoms with E-state index in [1.54, 1.807) is 12.1 Å². The summed E-state index contributed by atoms with van der Waals surface area (Å²) in [4.78, 5) is 11.3. The first-order chi connectivity index (χ1) is 7.10. The van der Waals surface area contributed by atoms with Crippen LogP contribution in [0.5, 0.6) is 5.75 Å². The molecule has 15 heavy (non-hydrogen) atoms. The van der Waals surface area contributed by atoms with E-state index in [0.29, 0.717) is 5.92 Å². The molecule has 0 aromatic heterocycles. The van der Waals surface area contributed by atoms with E-state index in [1.807, 2.05) is 0 Å². The predicted octanol–water partition coefficient (Wildman–Crippen LogP) is 2.08. The second-order valence-electron chi connectivity index (χ2n) is 3.67. The molecule has 0 bridgehead atoms. The Morgan fingerprint density at radius 2 is 2.13 bits per heavy atom. The summed E-state index contributed by atoms with van der Waals surface area (Å²) in [6.07, 6.45) is 0.970. The Morgan fingerprint density at radius 1 is 1.47 bits per heavy atom. The molecular formula is C12H16O3. The van der Waals surface area contributed by atoms with Gasteiger partial charge in [0.25, 0.3) is 0 Å². The lowest BCUT2D eigenvalue weighted by molar-refractivity contribution is 0.0901. The van der Waals surface area contributed by atoms with Gasteiger partial charge in [-0.05, 0) is 30.0 Å². The van der Waals surface area contributed by atoms with E-state index in [9.17, 15) is 9.90 Å². The van der Waals surface area contributed by atoms with E-state index in [4.69, 9.17) is 5.11 Å². The zero-order valence-electron chi connectivity index (χ0n) is 9.03. The average molecular weight is 208 g/mol. The van der Waals surface area contributed by atoms with Crippen LogP contribution in [0.2, 0.25) is 0 Å². The van der Waals surface area contributed by atoms with Crippen molar-refractivity contribution in [2.75, 3.05) is 6.61 Å². The van der Waals surface area contributed by atoms with Crippen LogP contribution in [-0.2, 0) is 0 Å². The highest BCUT2D eigenvalue weighted by Crippen LogP contribution is 2.25. The fourth-order valence-electron chi connectivity index (χ4n) is 1.40. The van der Waals surface area contributed by atoms with Gasteiger partial charge in [0.05, 0.1) is 5.56 Å². The first-order valence-electron chi connectivity index (χ1n) is 5.07. The summed E-state index contributed by atoms with van der Waals surface area (Å²) < 4.78 is 0. The molecule has 1 aromatic rings. The van der Waals surface area contributed by atoms with Gasteiger partial charge in [0.15, 0.2) is 5.78 Å². The topological polar surface area (TPSA) is 57.5 Å². The second kappa shape index (κ2) is 4.94. The number of carbonyl (C=O) groups is 1. The number of phenols is 1. The normalized spacial score (nSPS) is 12.5. The van der Waals surface area contributed by atoms with E-state index in [0.717, 1.165) is 12.0 Å². The highest BCUT2D eigenvalue weighted by Gasteiger charge is 2.12. The first kappa shape index (κ1) is 11.7. The first-order valence-corrected chi connectivity index (χ1v) is 5.07. The number of hydrogen-bond donors (Lipinski definition) is 2. The number of rotatable bonds is 4. The van der Waals surface area contributed by atoms with E-state index >= 15 is 0 Å². The molecule has 1 atom stereocenters. The van der Waals surface area contributed by atoms with Crippen LogP contribution in [0.3, 0.4) is 0 Å². The van der Waals surface area contributed by atoms with Gasteiger partial charge in [0.2, 0.25) is 0 Å². The summed E-state index contributed by atoms with van der Waals surface area (Å²) in [5, 5.41) is 18.2. The molecule has 1 unspecified atom stereocenters. The van der Waals surface area contributed by atoms with Crippen LogP contribution in [0.4, 0.5) is 0 Å². The van der Waals surface area contributed by atoms with Crippen LogP contribution in [0.25, 0.3) is 0 Å². The van der Waals surface area contributed by atoms with Crippen LogP contribution in [0.1, 0.15) is 42.1 Å². The minimum atomic E-state index is -0.572. The van der Waals surface area contributed by atoms with Gasteiger partial charge in [-0.25, -0.2) is 0 Å². The Labute approximate surface area is 89.4 Å². The van der Waals surface area contributed by atoms with Gasteiger partial charge in [0, 0.05) is 0 Å². The van der Waals surface area contributed by atoms with Crippen molar-refractivity contribution >= 4 is 5.78 Å². The number of ketones is 1. The third kappa shape index (κ3) is 2.57. The molecule has 2 N–H and O–H groups in total. The monoisotopic (exact) mass is 208 g/mol. The maximum atomic E-state index is 11.3. The molecule has 0 saturated carbocycles. The molecule has 1 aromatic carbocycles. The van der Waals surface area contributed by atoms with E-state index in [1.165, 1.54) is 6.07 Å². The summed E-state index contributed by atoms with van der Waals surface area (Å²) in [6, 6.07) is 4.96. The molecule has 0 heterocycles. The minimum Gasteiger partial charge on any atom is -0.507 e. The second-order valence-corrected chi connectivity index (χ2v) is 3.67. The Kier molecular flexibility index (Phi) is 3.86. The van der Waals surface area contributed by atoms with Gasteiger partial charge in [-0.3, -0.25) is 4.79 Å². The van der Waals surface area contributed by atoms with Crippen molar-refractivity contribution in [2.24, 2.45) is 0 Å². The number of Topliss-reactive ketones (excluding diaryl/α,β-unsaturated/α-hetero) is 1. The molecule has 0 aliphatic carbocycles. The van der Waals surface area contributed by atoms with Crippen LogP contribution in [0.15, 0.2) is 18.2 Å². The summed E-state index contributed by atoms with van der Waals surface area (Å²) in [6.45, 7) is 3.54. The molecule has 82 valence electrons. The van der Waals surface area contributed by atoms with Crippen molar-refractivity contribution in [3.05, 3.63) is 29.3 Å². The maximum absolute atomic E-state index is 11.3. The van der Waals surface area contributed by atoms with Crippen molar-refractivity contribution in [2.45, 2.75) is 26.2 Å². The van der Waals surface area contributed by atoms with Crippen LogP contribution >= 0.6 is 0 Å². The third-order valence-electron chi connectivity index (χ3n) is 2.65. The van der Waals surface area contributed by atoms with Gasteiger partial charge in [0.1, 0.15) is 12.4 Å². The number of aliphatic hydroxyl groups is 1. The minimum absolute atomic E-state index is 0.0684. The van der Waals surface area contributed by atoms with Crippen LogP contribution in [0, 0.1) is 0 Å². The fraction of sp³-hybridized carbons (Fsp3) is 0.417. The van der Waals surface area contributed by atoms with Gasteiger partial charge in [-0.1, -0.05) is 19.9 Å². The molecule has 0 amide bonds. The molecule has 0 radical (unpaired) electrons. The van der Waals surface area contributed by atoms with Crippen LogP contribution < -0.4 is 0 Å². The van der Waals surface area contributed by atoms with Crippen molar-refractivity contribution in [1.82, 2.24) is 0 Å². The molecule has 1 rings (SSSR count). The lowest BCUT2D eigenvalue weighted by atomic mass is 9.95. The highest BCUT2D eigenvalue weighted by molar-refractivity contribution is 5.99. The van der Waals surface area contributed by atoms with Crippen LogP contribution in [-0.4, -0.2) is 22.6 Å². The van der Waals surface area contributed by atoms with E-state index in [2.05, 4.69) is 13.8 Å². The lowest BCUT2D eigenvalue weighted by Gasteiger charge is -2.11. The molecule has 0 aliphatic heterocycles. The smallest absolute Gasteiger partial charge is 0.191 e. The third-order valence-corrected chi connectivity index (χ3v) is 2.65. The molecular weight excluding hydrogens is 192 g/mol. The SMILES string of the molecule is CCC(C)c1ccc(O)c(C(=O)CO)c1. The Bertz CT molecular complexity index is 358. The standard InChI is InChI=1S/C12H16O3/c1-3-8(2)9-4-5-11(14)10(6-9)12(15)7-13/h4-6,8,13-14H,3,7H2,1-2H3. The number of phenolic OH excluding ortho intramolecular Hbond substituents is 1. The molecule has 0 spiro atoms. The van der Waals surface area contributed by atoms with E-state index in [-0.39, 0.29) is 11.3 Å². The zero-order valence-corrected chi connectivity index (χ0v) is 9.03. The highest BCUT2D eigenvalue weighted by atomic mass is 16.3. The Morgan fingerprint density at radius 3 is 2.67 bits per heavy atom. The number of carbonyl (C=O) groups excluding carboxylic acids is 1. The van der Waals surface area contributed by atoms with Gasteiger partial charge >= 0.3 is 0 Å². The van der Waals surface area contributed by atoms with Gasteiger partial charge < -0.3 is 10.2 Å². The zero-order chi connectivity index (χ0) is 11.4. The Hall–Kier alpha value is -1.35. The van der Waals surface area contributed by atoms with Gasteiger partial charge in [-0.2, -0.15) is 0 Å². The number of aromatic hydroxyl groups is 1. The fourth-order valence-corrected chi connectivity index (χ4v) is 1.40. The average Bonchev–Trinajstić information content (AvgIpc) is 2.27. The largest absolute Gasteiger partial charge is 0.507 e. The number of aliphatic hydroxyl groups excluding tert-OH is 1. The van der Waals surface area contributed by atoms with Crippen molar-refractivity contribution in [1.29, 1.82) is 0 Å². The quantitative estimate of drug-likeness (QED) is 0.745. The predicted molar refractivity (Wildman–Crippen MR) is 58.2 cm³/mol. The van der Waals surface area contributed by atoms with Gasteiger partial charge in [-0.15, -0.1) is 0 Å². The van der Waals surface area contributed by atoms with Crippen molar-refractivity contribution in [3.8, 4) is 5.75 Å². The summed E-state index contributed by atoms with van der Waals surface area (Å²) >= 11 is 0. The summed E-state index contributed by atoms with van der Waals surface area (Å²) in [5.41, 5.74) is 1.21.